The Morgan fingerprint density at radius 2 is 1.07 bits per heavy atom. The minimum atomic E-state index is 0.573. The van der Waals surface area contributed by atoms with Crippen molar-refractivity contribution in [2.75, 3.05) is 0 Å². The van der Waals surface area contributed by atoms with Crippen LogP contribution in [0.1, 0.15) is 17.5 Å². The van der Waals surface area contributed by atoms with Gasteiger partial charge >= 0.3 is 0 Å². The second-order valence-corrected chi connectivity index (χ2v) is 14.7. The highest BCUT2D eigenvalue weighted by molar-refractivity contribution is 6.19. The molecule has 0 fully saturated rings. The molecule has 1 aliphatic carbocycles. The largest absolute Gasteiger partial charge is 0.456 e. The summed E-state index contributed by atoms with van der Waals surface area (Å²) in [5.41, 5.74) is 10.6. The molecule has 262 valence electrons. The molecule has 5 nitrogen and oxygen atoms in total. The molecular weight excluding hydrogens is 687 g/mol. The Hall–Kier alpha value is -7.37. The van der Waals surface area contributed by atoms with Crippen LogP contribution in [0, 0.1) is 0 Å². The summed E-state index contributed by atoms with van der Waals surface area (Å²) in [5.74, 6) is 1.78. The molecule has 3 aromatic heterocycles. The van der Waals surface area contributed by atoms with E-state index < -0.39 is 0 Å². The van der Waals surface area contributed by atoms with Gasteiger partial charge in [-0.2, -0.15) is 0 Å². The zero-order valence-corrected chi connectivity index (χ0v) is 30.2. The second kappa shape index (κ2) is 12.1. The number of fused-ring (bicyclic) bond motifs is 9. The third-order valence-corrected chi connectivity index (χ3v) is 11.3. The summed E-state index contributed by atoms with van der Waals surface area (Å²) in [5, 5.41) is 8.69. The molecule has 5 heteroatoms. The number of nitrogens with zero attached hydrogens (tertiary/aromatic N) is 3. The molecule has 0 aliphatic heterocycles. The van der Waals surface area contributed by atoms with Gasteiger partial charge in [0.1, 0.15) is 22.3 Å². The molecule has 8 aromatic carbocycles. The van der Waals surface area contributed by atoms with E-state index in [1.165, 1.54) is 11.1 Å². The lowest BCUT2D eigenvalue weighted by atomic mass is 9.90. The van der Waals surface area contributed by atoms with Gasteiger partial charge in [-0.1, -0.05) is 115 Å². The van der Waals surface area contributed by atoms with Gasteiger partial charge in [0.05, 0.1) is 0 Å². The molecule has 56 heavy (non-hydrogen) atoms. The predicted octanol–water partition coefficient (Wildman–Crippen LogP) is 13.6. The SMILES string of the molecule is C1=Cc2cc3c(cc2CC1)oc1cccc(-c2ccc4oc5ccccc5c4c2-c2nc(-c4ccc5ccccc5c4)nc(-c4ccc5ccccc5c4)n2)c13. The highest BCUT2D eigenvalue weighted by Gasteiger charge is 2.25. The predicted molar refractivity (Wildman–Crippen MR) is 228 cm³/mol. The maximum Gasteiger partial charge on any atom is 0.165 e. The maximum atomic E-state index is 6.61. The van der Waals surface area contributed by atoms with E-state index in [2.05, 4.69) is 152 Å². The second-order valence-electron chi connectivity index (χ2n) is 14.7. The zero-order valence-electron chi connectivity index (χ0n) is 30.2. The number of hydrogen-bond donors (Lipinski definition) is 0. The van der Waals surface area contributed by atoms with E-state index in [0.29, 0.717) is 17.5 Å². The summed E-state index contributed by atoms with van der Waals surface area (Å²) < 4.78 is 13.1. The Bertz CT molecular complexity index is 3350. The Kier molecular flexibility index (Phi) is 6.69. The molecule has 0 radical (unpaired) electrons. The fourth-order valence-electron chi connectivity index (χ4n) is 8.65. The van der Waals surface area contributed by atoms with Crippen LogP contribution in [-0.2, 0) is 6.42 Å². The molecule has 0 saturated carbocycles. The lowest BCUT2D eigenvalue weighted by molar-refractivity contribution is 0.668. The van der Waals surface area contributed by atoms with Crippen molar-refractivity contribution in [1.29, 1.82) is 0 Å². The van der Waals surface area contributed by atoms with E-state index in [0.717, 1.165) is 106 Å². The first-order valence-corrected chi connectivity index (χ1v) is 19.1. The molecule has 0 unspecified atom stereocenters. The van der Waals surface area contributed by atoms with Gasteiger partial charge in [0.25, 0.3) is 0 Å². The van der Waals surface area contributed by atoms with Crippen molar-refractivity contribution in [3.8, 4) is 45.3 Å². The van der Waals surface area contributed by atoms with Gasteiger partial charge in [-0.15, -0.1) is 0 Å². The summed E-state index contributed by atoms with van der Waals surface area (Å²) in [6.07, 6.45) is 6.55. The standard InChI is InChI=1S/C51H31N3O2/c1-3-12-32-26-36(22-20-30(32)10-1)49-52-50(37-23-21-31-11-2-4-13-33(31)27-37)54-51(53-49)48-39(24-25-44-47(48)40-16-7-8-18-42(40)55-44)38-17-9-19-43-46(38)41-28-34-14-5-6-15-35(34)29-45(41)56-43/h1-5,7-14,16-29H,6,15H2. The topological polar surface area (TPSA) is 65.0 Å². The number of para-hydroxylation sites is 1. The fraction of sp³-hybridized carbons (Fsp3) is 0.0392. The average Bonchev–Trinajstić information content (AvgIpc) is 3.82. The number of furan rings is 2. The van der Waals surface area contributed by atoms with E-state index in [9.17, 15) is 0 Å². The van der Waals surface area contributed by atoms with Crippen LogP contribution in [-0.4, -0.2) is 15.0 Å². The summed E-state index contributed by atoms with van der Waals surface area (Å²) in [6, 6.07) is 52.9. The Morgan fingerprint density at radius 1 is 0.429 bits per heavy atom. The lowest BCUT2D eigenvalue weighted by Gasteiger charge is -2.15. The minimum absolute atomic E-state index is 0.573. The molecule has 0 amide bonds. The lowest BCUT2D eigenvalue weighted by Crippen LogP contribution is -2.02. The number of allylic oxidation sites excluding steroid dienone is 1. The number of benzene rings is 8. The summed E-state index contributed by atoms with van der Waals surface area (Å²) in [7, 11) is 0. The quantitative estimate of drug-likeness (QED) is 0.181. The number of hydrogen-bond acceptors (Lipinski definition) is 5. The van der Waals surface area contributed by atoms with Crippen LogP contribution in [0.4, 0.5) is 0 Å². The van der Waals surface area contributed by atoms with Gasteiger partial charge in [0, 0.05) is 38.2 Å². The van der Waals surface area contributed by atoms with Gasteiger partial charge in [-0.05, 0) is 105 Å². The smallest absolute Gasteiger partial charge is 0.165 e. The number of aromatic nitrogens is 3. The first kappa shape index (κ1) is 31.0. The molecule has 3 heterocycles. The van der Waals surface area contributed by atoms with Crippen LogP contribution in [0.15, 0.2) is 167 Å². The number of rotatable bonds is 4. The Labute approximate surface area is 321 Å². The molecule has 0 N–H and O–H groups in total. The van der Waals surface area contributed by atoms with Gasteiger partial charge in [0.15, 0.2) is 17.5 Å². The monoisotopic (exact) mass is 717 g/mol. The van der Waals surface area contributed by atoms with Crippen molar-refractivity contribution in [2.24, 2.45) is 0 Å². The molecule has 0 saturated heterocycles. The number of aryl methyl sites for hydroxylation is 1. The zero-order chi connectivity index (χ0) is 36.7. The van der Waals surface area contributed by atoms with E-state index >= 15 is 0 Å². The van der Waals surface area contributed by atoms with Crippen LogP contribution >= 0.6 is 0 Å². The highest BCUT2D eigenvalue weighted by Crippen LogP contribution is 2.46. The molecule has 11 aromatic rings. The van der Waals surface area contributed by atoms with Crippen LogP contribution in [0.3, 0.4) is 0 Å². The molecular formula is C51H31N3O2. The van der Waals surface area contributed by atoms with Crippen LogP contribution in [0.2, 0.25) is 0 Å². The summed E-state index contributed by atoms with van der Waals surface area (Å²) in [6.45, 7) is 0. The summed E-state index contributed by atoms with van der Waals surface area (Å²) in [4.78, 5) is 16.0. The third kappa shape index (κ3) is 4.84. The third-order valence-electron chi connectivity index (χ3n) is 11.3. The first-order valence-electron chi connectivity index (χ1n) is 19.1. The molecule has 0 spiro atoms. The van der Waals surface area contributed by atoms with Gasteiger partial charge in [-0.25, -0.2) is 15.0 Å². The van der Waals surface area contributed by atoms with Crippen molar-refractivity contribution >= 4 is 71.5 Å². The Balaban J connectivity index is 1.19. The van der Waals surface area contributed by atoms with E-state index in [-0.39, 0.29) is 0 Å². The molecule has 1 aliphatic rings. The van der Waals surface area contributed by atoms with Crippen molar-refractivity contribution in [3.63, 3.8) is 0 Å². The van der Waals surface area contributed by atoms with Gasteiger partial charge in [0.2, 0.25) is 0 Å². The normalized spacial score (nSPS) is 12.8. The first-order chi connectivity index (χ1) is 27.7. The van der Waals surface area contributed by atoms with Crippen molar-refractivity contribution in [1.82, 2.24) is 15.0 Å². The Morgan fingerprint density at radius 3 is 1.84 bits per heavy atom. The van der Waals surface area contributed by atoms with Gasteiger partial charge in [-0.3, -0.25) is 0 Å². The maximum absolute atomic E-state index is 6.61. The minimum Gasteiger partial charge on any atom is -0.456 e. The fourth-order valence-corrected chi connectivity index (χ4v) is 8.65. The highest BCUT2D eigenvalue weighted by atomic mass is 16.3. The van der Waals surface area contributed by atoms with Crippen LogP contribution in [0.5, 0.6) is 0 Å². The van der Waals surface area contributed by atoms with Crippen molar-refractivity contribution < 1.29 is 8.83 Å². The van der Waals surface area contributed by atoms with Crippen LogP contribution in [0.25, 0.3) is 117 Å². The van der Waals surface area contributed by atoms with Crippen molar-refractivity contribution in [3.05, 3.63) is 169 Å². The van der Waals surface area contributed by atoms with Gasteiger partial charge < -0.3 is 8.83 Å². The van der Waals surface area contributed by atoms with Crippen molar-refractivity contribution in [2.45, 2.75) is 12.8 Å². The average molecular weight is 718 g/mol. The molecule has 0 atom stereocenters. The molecule has 0 bridgehead atoms. The summed E-state index contributed by atoms with van der Waals surface area (Å²) >= 11 is 0. The molecule has 12 rings (SSSR count). The van der Waals surface area contributed by atoms with E-state index in [4.69, 9.17) is 23.8 Å². The van der Waals surface area contributed by atoms with E-state index in [1.54, 1.807) is 0 Å². The van der Waals surface area contributed by atoms with E-state index in [1.807, 2.05) is 12.1 Å². The van der Waals surface area contributed by atoms with Crippen LogP contribution < -0.4 is 0 Å².